The number of methoxy groups -OCH3 is 1. The number of ether oxygens (including phenoxy) is 1. The minimum Gasteiger partial charge on any atom is -0.497 e. The van der Waals surface area contributed by atoms with Gasteiger partial charge in [-0.05, 0) is 36.2 Å². The number of nitrogens with zero attached hydrogens (tertiary/aromatic N) is 2. The van der Waals surface area contributed by atoms with Gasteiger partial charge in [-0.2, -0.15) is 4.31 Å². The monoisotopic (exact) mass is 467 g/mol. The van der Waals surface area contributed by atoms with Crippen molar-refractivity contribution in [3.05, 3.63) is 60.2 Å². The van der Waals surface area contributed by atoms with Gasteiger partial charge in [-0.25, -0.2) is 8.42 Å². The summed E-state index contributed by atoms with van der Waals surface area (Å²) in [6, 6.07) is 16.4. The van der Waals surface area contributed by atoms with E-state index in [2.05, 4.69) is 10.2 Å². The predicted molar refractivity (Wildman–Crippen MR) is 123 cm³/mol. The fourth-order valence-corrected chi connectivity index (χ4v) is 4.86. The second-order valence-electron chi connectivity index (χ2n) is 7.26. The van der Waals surface area contributed by atoms with Gasteiger partial charge in [0.1, 0.15) is 5.75 Å². The van der Waals surface area contributed by atoms with Gasteiger partial charge >= 0.3 is 0 Å². The average molecular weight is 468 g/mol. The molecule has 31 heavy (non-hydrogen) atoms. The molecule has 0 aliphatic carbocycles. The van der Waals surface area contributed by atoms with E-state index in [1.54, 1.807) is 31.4 Å². The lowest BCUT2D eigenvalue weighted by Crippen LogP contribution is -2.50. The van der Waals surface area contributed by atoms with E-state index in [0.29, 0.717) is 51.4 Å². The third-order valence-corrected chi connectivity index (χ3v) is 7.18. The van der Waals surface area contributed by atoms with Crippen LogP contribution in [-0.4, -0.2) is 69.9 Å². The van der Waals surface area contributed by atoms with E-state index in [4.69, 9.17) is 4.74 Å². The number of carbonyl (C=O) groups excluding carboxylic acids is 1. The molecular formula is C22H30ClN3O4S. The minimum atomic E-state index is -3.50. The number of sulfonamides is 1. The summed E-state index contributed by atoms with van der Waals surface area (Å²) in [4.78, 5) is 14.5. The van der Waals surface area contributed by atoms with Crippen molar-refractivity contribution in [2.75, 3.05) is 46.4 Å². The number of piperazine rings is 1. The Kier molecular flexibility index (Phi) is 9.77. The quantitative estimate of drug-likeness (QED) is 0.611. The fourth-order valence-electron chi connectivity index (χ4n) is 3.43. The number of benzene rings is 2. The molecular weight excluding hydrogens is 438 g/mol. The molecule has 0 aromatic heterocycles. The van der Waals surface area contributed by atoms with Crippen LogP contribution in [0.2, 0.25) is 0 Å². The molecule has 2 aromatic carbocycles. The van der Waals surface area contributed by atoms with Crippen LogP contribution in [0.3, 0.4) is 0 Å². The van der Waals surface area contributed by atoms with Crippen molar-refractivity contribution < 1.29 is 17.9 Å². The second-order valence-corrected chi connectivity index (χ2v) is 9.19. The van der Waals surface area contributed by atoms with E-state index in [1.807, 2.05) is 30.3 Å². The highest BCUT2D eigenvalue weighted by molar-refractivity contribution is 7.89. The van der Waals surface area contributed by atoms with E-state index >= 15 is 0 Å². The largest absolute Gasteiger partial charge is 0.497 e. The third-order valence-electron chi connectivity index (χ3n) is 5.26. The number of hydrogen-bond acceptors (Lipinski definition) is 5. The van der Waals surface area contributed by atoms with Crippen LogP contribution >= 0.6 is 12.4 Å². The Morgan fingerprint density at radius 2 is 1.65 bits per heavy atom. The summed E-state index contributed by atoms with van der Waals surface area (Å²) in [5, 5.41) is 2.95. The topological polar surface area (TPSA) is 79.0 Å². The second kappa shape index (κ2) is 12.0. The van der Waals surface area contributed by atoms with Gasteiger partial charge in [-0.15, -0.1) is 12.4 Å². The Balaban J connectivity index is 0.00000341. The number of carbonyl (C=O) groups is 1. The highest BCUT2D eigenvalue weighted by Crippen LogP contribution is 2.20. The molecule has 0 atom stereocenters. The molecule has 0 radical (unpaired) electrons. The van der Waals surface area contributed by atoms with Crippen molar-refractivity contribution in [1.82, 2.24) is 14.5 Å². The highest BCUT2D eigenvalue weighted by Gasteiger charge is 2.28. The molecule has 2 aromatic rings. The molecule has 0 bridgehead atoms. The number of nitrogens with one attached hydrogen (secondary N) is 1. The maximum absolute atomic E-state index is 12.8. The molecule has 7 nitrogen and oxygen atoms in total. The fraction of sp³-hybridized carbons (Fsp3) is 0.409. The number of rotatable bonds is 9. The van der Waals surface area contributed by atoms with Crippen LogP contribution in [0.4, 0.5) is 0 Å². The summed E-state index contributed by atoms with van der Waals surface area (Å²) in [6.07, 6.45) is 1.20. The average Bonchev–Trinajstić information content (AvgIpc) is 2.79. The maximum Gasteiger partial charge on any atom is 0.243 e. The Labute approximate surface area is 190 Å². The van der Waals surface area contributed by atoms with Gasteiger partial charge < -0.3 is 10.1 Å². The molecule has 1 fully saturated rings. The van der Waals surface area contributed by atoms with Crippen LogP contribution < -0.4 is 10.1 Å². The number of aryl methyl sites for hydroxylation is 1. The smallest absolute Gasteiger partial charge is 0.243 e. The molecule has 1 aliphatic rings. The lowest BCUT2D eigenvalue weighted by Gasteiger charge is -2.34. The molecule has 0 saturated carbocycles. The van der Waals surface area contributed by atoms with Gasteiger partial charge in [0.25, 0.3) is 0 Å². The molecule has 1 aliphatic heterocycles. The van der Waals surface area contributed by atoms with E-state index in [9.17, 15) is 13.2 Å². The van der Waals surface area contributed by atoms with Gasteiger partial charge in [0.2, 0.25) is 15.9 Å². The lowest BCUT2D eigenvalue weighted by atomic mass is 10.1. The molecule has 1 N–H and O–H groups in total. The van der Waals surface area contributed by atoms with Crippen molar-refractivity contribution in [2.45, 2.75) is 17.7 Å². The minimum absolute atomic E-state index is 0. The Hall–Kier alpha value is -2.13. The van der Waals surface area contributed by atoms with Gasteiger partial charge in [0.15, 0.2) is 0 Å². The summed E-state index contributed by atoms with van der Waals surface area (Å²) >= 11 is 0. The number of hydrogen-bond donors (Lipinski definition) is 1. The first-order valence-corrected chi connectivity index (χ1v) is 11.6. The van der Waals surface area contributed by atoms with Crippen molar-refractivity contribution in [3.63, 3.8) is 0 Å². The third kappa shape index (κ3) is 7.21. The zero-order valence-corrected chi connectivity index (χ0v) is 19.3. The van der Waals surface area contributed by atoms with Crippen LogP contribution in [0.25, 0.3) is 0 Å². The normalized spacial score (nSPS) is 15.1. The summed E-state index contributed by atoms with van der Waals surface area (Å²) in [7, 11) is -1.95. The molecule has 9 heteroatoms. The predicted octanol–water partition coefficient (Wildman–Crippen LogP) is 2.17. The molecule has 0 unspecified atom stereocenters. The summed E-state index contributed by atoms with van der Waals surface area (Å²) < 4.78 is 32.2. The van der Waals surface area contributed by atoms with E-state index < -0.39 is 10.0 Å². The van der Waals surface area contributed by atoms with E-state index in [-0.39, 0.29) is 23.2 Å². The molecule has 3 rings (SSSR count). The molecule has 1 heterocycles. The first kappa shape index (κ1) is 25.1. The molecule has 1 amide bonds. The standard InChI is InChI=1S/C22H29N3O4S.ClH/c1-29-20-8-10-21(11-9-20)30(27,28)25-17-15-24(16-18-25)14-13-23-22(26)12-7-19-5-3-2-4-6-19;/h2-6,8-11H,7,12-18H2,1H3,(H,23,26);1H. The summed E-state index contributed by atoms with van der Waals surface area (Å²) in [5.41, 5.74) is 1.15. The van der Waals surface area contributed by atoms with Gasteiger partial charge in [-0.3, -0.25) is 9.69 Å². The van der Waals surface area contributed by atoms with Crippen molar-refractivity contribution >= 4 is 28.3 Å². The van der Waals surface area contributed by atoms with Crippen LogP contribution in [0, 0.1) is 0 Å². The summed E-state index contributed by atoms with van der Waals surface area (Å²) in [5.74, 6) is 0.671. The Morgan fingerprint density at radius 3 is 2.26 bits per heavy atom. The first-order valence-electron chi connectivity index (χ1n) is 10.2. The molecule has 0 spiro atoms. The van der Waals surface area contributed by atoms with Crippen LogP contribution in [0.15, 0.2) is 59.5 Å². The lowest BCUT2D eigenvalue weighted by molar-refractivity contribution is -0.121. The van der Waals surface area contributed by atoms with Gasteiger partial charge in [0.05, 0.1) is 12.0 Å². The summed E-state index contributed by atoms with van der Waals surface area (Å²) in [6.45, 7) is 3.46. The SMILES string of the molecule is COc1ccc(S(=O)(=O)N2CCN(CCNC(=O)CCc3ccccc3)CC2)cc1.Cl. The zero-order valence-electron chi connectivity index (χ0n) is 17.7. The van der Waals surface area contributed by atoms with Crippen LogP contribution in [0.5, 0.6) is 5.75 Å². The van der Waals surface area contributed by atoms with Crippen molar-refractivity contribution in [3.8, 4) is 5.75 Å². The Morgan fingerprint density at radius 1 is 1.00 bits per heavy atom. The van der Waals surface area contributed by atoms with Crippen molar-refractivity contribution in [2.24, 2.45) is 0 Å². The first-order chi connectivity index (χ1) is 14.5. The van der Waals surface area contributed by atoms with Crippen LogP contribution in [0.1, 0.15) is 12.0 Å². The van der Waals surface area contributed by atoms with Crippen molar-refractivity contribution in [1.29, 1.82) is 0 Å². The Bertz CT molecular complexity index is 916. The highest BCUT2D eigenvalue weighted by atomic mass is 35.5. The number of halogens is 1. The molecule has 170 valence electrons. The number of amides is 1. The van der Waals surface area contributed by atoms with Crippen LogP contribution in [-0.2, 0) is 21.2 Å². The zero-order chi connectivity index (χ0) is 21.4. The van der Waals surface area contributed by atoms with E-state index in [1.165, 1.54) is 4.31 Å². The molecule has 1 saturated heterocycles. The van der Waals surface area contributed by atoms with E-state index in [0.717, 1.165) is 12.0 Å². The maximum atomic E-state index is 12.8. The van der Waals surface area contributed by atoms with Gasteiger partial charge in [-0.1, -0.05) is 30.3 Å². The van der Waals surface area contributed by atoms with Gasteiger partial charge in [0, 0.05) is 45.7 Å².